The highest BCUT2D eigenvalue weighted by Crippen LogP contribution is 2.25. The van der Waals surface area contributed by atoms with Crippen LogP contribution in [0.3, 0.4) is 0 Å². The molecule has 3 rings (SSSR count). The van der Waals surface area contributed by atoms with Gasteiger partial charge in [-0.15, -0.1) is 0 Å². The summed E-state index contributed by atoms with van der Waals surface area (Å²) in [7, 11) is 1.39. The van der Waals surface area contributed by atoms with Crippen molar-refractivity contribution in [3.63, 3.8) is 0 Å². The molecular weight excluding hydrogens is 368 g/mol. The number of nitrogens with two attached hydrogens (primary N) is 1. The van der Waals surface area contributed by atoms with Crippen molar-refractivity contribution in [1.82, 2.24) is 14.0 Å². The molecule has 1 heterocycles. The summed E-state index contributed by atoms with van der Waals surface area (Å²) in [6, 6.07) is 9.90. The summed E-state index contributed by atoms with van der Waals surface area (Å²) in [6.45, 7) is 4.45. The molecule has 0 amide bonds. The third kappa shape index (κ3) is 4.34. The van der Waals surface area contributed by atoms with Crippen LogP contribution in [0.4, 0.5) is 5.82 Å². The van der Waals surface area contributed by atoms with Crippen molar-refractivity contribution >= 4 is 11.6 Å². The number of nitrogen functional groups attached to an aromatic ring is 1. The van der Waals surface area contributed by atoms with E-state index in [9.17, 15) is 14.4 Å². The van der Waals surface area contributed by atoms with Crippen LogP contribution in [0.1, 0.15) is 55.5 Å². The molecule has 7 heteroatoms. The molecule has 0 atom stereocenters. The standard InChI is InChI=1S/C22H30N4O3/c1-15(2)25(17-11-7-8-12-17)14-18(27)19-20(23)26(22(29)24(3)21(19)28)13-16-9-5-4-6-10-16/h4-6,9-10,15,17H,7-8,11-14,23H2,1-3H3. The molecule has 0 aliphatic heterocycles. The minimum absolute atomic E-state index is 0.0536. The van der Waals surface area contributed by atoms with E-state index in [1.54, 1.807) is 0 Å². The quantitative estimate of drug-likeness (QED) is 0.721. The minimum Gasteiger partial charge on any atom is -0.384 e. The predicted molar refractivity (Wildman–Crippen MR) is 114 cm³/mol. The third-order valence-electron chi connectivity index (χ3n) is 5.83. The highest BCUT2D eigenvalue weighted by Gasteiger charge is 2.29. The Kier molecular flexibility index (Phi) is 6.37. The maximum absolute atomic E-state index is 13.2. The molecule has 0 unspecified atom stereocenters. The number of hydrogen-bond acceptors (Lipinski definition) is 5. The Balaban J connectivity index is 1.98. The van der Waals surface area contributed by atoms with Gasteiger partial charge in [0.2, 0.25) is 0 Å². The van der Waals surface area contributed by atoms with Crippen molar-refractivity contribution in [3.8, 4) is 0 Å². The summed E-state index contributed by atoms with van der Waals surface area (Å²) in [5, 5.41) is 0. The monoisotopic (exact) mass is 398 g/mol. The number of aromatic nitrogens is 2. The molecule has 156 valence electrons. The smallest absolute Gasteiger partial charge is 0.332 e. The lowest BCUT2D eigenvalue weighted by Crippen LogP contribution is -2.46. The van der Waals surface area contributed by atoms with E-state index in [0.717, 1.165) is 35.8 Å². The fourth-order valence-electron chi connectivity index (χ4n) is 4.18. The van der Waals surface area contributed by atoms with E-state index in [-0.39, 0.29) is 36.3 Å². The summed E-state index contributed by atoms with van der Waals surface area (Å²) in [6.07, 6.45) is 4.45. The highest BCUT2D eigenvalue weighted by molar-refractivity contribution is 6.01. The van der Waals surface area contributed by atoms with Crippen LogP contribution in [-0.4, -0.2) is 38.4 Å². The molecule has 0 radical (unpaired) electrons. The second kappa shape index (κ2) is 8.78. The van der Waals surface area contributed by atoms with Gasteiger partial charge in [0.25, 0.3) is 5.56 Å². The van der Waals surface area contributed by atoms with Crippen LogP contribution in [0.5, 0.6) is 0 Å². The number of benzene rings is 1. The molecule has 0 bridgehead atoms. The zero-order valence-electron chi connectivity index (χ0n) is 17.4. The lowest BCUT2D eigenvalue weighted by molar-refractivity contribution is 0.0842. The molecule has 2 aromatic rings. The molecule has 7 nitrogen and oxygen atoms in total. The number of carbonyl (C=O) groups is 1. The Bertz CT molecular complexity index is 986. The lowest BCUT2D eigenvalue weighted by Gasteiger charge is -2.32. The normalized spacial score (nSPS) is 14.8. The summed E-state index contributed by atoms with van der Waals surface area (Å²) < 4.78 is 2.28. The van der Waals surface area contributed by atoms with Crippen molar-refractivity contribution in [1.29, 1.82) is 0 Å². The highest BCUT2D eigenvalue weighted by atomic mass is 16.2. The topological polar surface area (TPSA) is 90.3 Å². The molecule has 0 saturated heterocycles. The molecule has 1 aliphatic rings. The largest absolute Gasteiger partial charge is 0.384 e. The third-order valence-corrected chi connectivity index (χ3v) is 5.83. The minimum atomic E-state index is -0.628. The summed E-state index contributed by atoms with van der Waals surface area (Å²) in [5.41, 5.74) is 5.84. The number of ketones is 1. The Morgan fingerprint density at radius 2 is 1.79 bits per heavy atom. The van der Waals surface area contributed by atoms with Crippen LogP contribution in [0, 0.1) is 0 Å². The number of Topliss-reactive ketones (excluding diaryl/α,β-unsaturated/α-hetero) is 1. The van der Waals surface area contributed by atoms with E-state index in [4.69, 9.17) is 5.73 Å². The van der Waals surface area contributed by atoms with Crippen molar-refractivity contribution in [2.45, 2.75) is 58.2 Å². The van der Waals surface area contributed by atoms with Crippen LogP contribution in [-0.2, 0) is 13.6 Å². The number of nitrogens with zero attached hydrogens (tertiary/aromatic N) is 3. The van der Waals surface area contributed by atoms with Crippen LogP contribution in [0.15, 0.2) is 39.9 Å². The Hall–Kier alpha value is -2.67. The van der Waals surface area contributed by atoms with Crippen LogP contribution in [0.2, 0.25) is 0 Å². The van der Waals surface area contributed by atoms with Gasteiger partial charge < -0.3 is 5.73 Å². The zero-order chi connectivity index (χ0) is 21.1. The SMILES string of the molecule is CC(C)N(CC(=O)c1c(N)n(Cc2ccccc2)c(=O)n(C)c1=O)C1CCCC1. The van der Waals surface area contributed by atoms with Crippen LogP contribution in [0.25, 0.3) is 0 Å². The first-order chi connectivity index (χ1) is 13.8. The van der Waals surface area contributed by atoms with Gasteiger partial charge in [0.1, 0.15) is 11.4 Å². The second-order valence-electron chi connectivity index (χ2n) is 8.11. The first-order valence-electron chi connectivity index (χ1n) is 10.2. The number of rotatable bonds is 7. The van der Waals surface area contributed by atoms with Gasteiger partial charge in [-0.05, 0) is 32.3 Å². The van der Waals surface area contributed by atoms with E-state index >= 15 is 0 Å². The van der Waals surface area contributed by atoms with Gasteiger partial charge in [0.15, 0.2) is 5.78 Å². The van der Waals surface area contributed by atoms with Crippen molar-refractivity contribution in [2.75, 3.05) is 12.3 Å². The average Bonchev–Trinajstić information content (AvgIpc) is 3.23. The first kappa shape index (κ1) is 21.0. The number of anilines is 1. The fourth-order valence-corrected chi connectivity index (χ4v) is 4.18. The second-order valence-corrected chi connectivity index (χ2v) is 8.11. The fraction of sp³-hybridized carbons (Fsp3) is 0.500. The number of hydrogen-bond donors (Lipinski definition) is 1. The maximum Gasteiger partial charge on any atom is 0.332 e. The molecule has 1 aromatic carbocycles. The summed E-state index contributed by atoms with van der Waals surface area (Å²) in [5.74, 6) is -0.382. The van der Waals surface area contributed by atoms with Gasteiger partial charge in [-0.2, -0.15) is 0 Å². The van der Waals surface area contributed by atoms with E-state index in [1.165, 1.54) is 11.6 Å². The van der Waals surface area contributed by atoms with Gasteiger partial charge >= 0.3 is 5.69 Å². The Morgan fingerprint density at radius 1 is 1.17 bits per heavy atom. The lowest BCUT2D eigenvalue weighted by atomic mass is 10.1. The van der Waals surface area contributed by atoms with Gasteiger partial charge in [-0.3, -0.25) is 23.6 Å². The maximum atomic E-state index is 13.2. The Morgan fingerprint density at radius 3 is 2.38 bits per heavy atom. The van der Waals surface area contributed by atoms with E-state index in [0.29, 0.717) is 6.04 Å². The van der Waals surface area contributed by atoms with E-state index in [2.05, 4.69) is 18.7 Å². The van der Waals surface area contributed by atoms with Crippen molar-refractivity contribution in [3.05, 3.63) is 62.3 Å². The van der Waals surface area contributed by atoms with Gasteiger partial charge in [0, 0.05) is 19.1 Å². The first-order valence-corrected chi connectivity index (χ1v) is 10.2. The average molecular weight is 399 g/mol. The zero-order valence-corrected chi connectivity index (χ0v) is 17.4. The molecule has 2 N–H and O–H groups in total. The number of carbonyl (C=O) groups excluding carboxylic acids is 1. The molecule has 0 spiro atoms. The van der Waals surface area contributed by atoms with Crippen LogP contribution < -0.4 is 17.0 Å². The predicted octanol–water partition coefficient (Wildman–Crippen LogP) is 2.01. The summed E-state index contributed by atoms with van der Waals surface area (Å²) >= 11 is 0. The molecule has 1 saturated carbocycles. The molecule has 29 heavy (non-hydrogen) atoms. The van der Waals surface area contributed by atoms with Crippen molar-refractivity contribution in [2.24, 2.45) is 7.05 Å². The Labute approximate surface area is 170 Å². The summed E-state index contributed by atoms with van der Waals surface area (Å²) in [4.78, 5) is 40.7. The van der Waals surface area contributed by atoms with Gasteiger partial charge in [0.05, 0.1) is 13.1 Å². The van der Waals surface area contributed by atoms with E-state index in [1.807, 2.05) is 30.3 Å². The van der Waals surface area contributed by atoms with Gasteiger partial charge in [-0.1, -0.05) is 43.2 Å². The molecule has 1 fully saturated rings. The van der Waals surface area contributed by atoms with Gasteiger partial charge in [-0.25, -0.2) is 4.79 Å². The molecule has 1 aliphatic carbocycles. The molecule has 1 aromatic heterocycles. The van der Waals surface area contributed by atoms with Crippen molar-refractivity contribution < 1.29 is 4.79 Å². The molecular formula is C22H30N4O3. The van der Waals surface area contributed by atoms with E-state index < -0.39 is 11.2 Å². The van der Waals surface area contributed by atoms with Crippen LogP contribution >= 0.6 is 0 Å².